The predicted octanol–water partition coefficient (Wildman–Crippen LogP) is 2.98. The first kappa shape index (κ1) is 13.0. The van der Waals surface area contributed by atoms with E-state index in [0.717, 1.165) is 0 Å². The minimum atomic E-state index is -4.08. The Bertz CT molecular complexity index is 322. The summed E-state index contributed by atoms with van der Waals surface area (Å²) in [6.45, 7) is 3.87. The zero-order valence-electron chi connectivity index (χ0n) is 9.27. The Kier molecular flexibility index (Phi) is 4.35. The molecular formula is C10H15F3N2O. The van der Waals surface area contributed by atoms with E-state index in [1.807, 2.05) is 0 Å². The van der Waals surface area contributed by atoms with Gasteiger partial charge in [0.05, 0.1) is 12.2 Å². The first-order valence-corrected chi connectivity index (χ1v) is 5.11. The van der Waals surface area contributed by atoms with Crippen molar-refractivity contribution >= 4 is 0 Å². The van der Waals surface area contributed by atoms with E-state index in [9.17, 15) is 13.2 Å². The molecule has 1 rings (SSSR count). The summed E-state index contributed by atoms with van der Waals surface area (Å²) in [5.74, 6) is 1.20. The van der Waals surface area contributed by atoms with Crippen molar-refractivity contribution in [2.45, 2.75) is 38.9 Å². The lowest BCUT2D eigenvalue weighted by molar-refractivity contribution is -0.135. The molecule has 1 aromatic heterocycles. The molecule has 0 spiro atoms. The van der Waals surface area contributed by atoms with E-state index < -0.39 is 12.6 Å². The smallest absolute Gasteiger partial charge is 0.389 e. The third-order valence-electron chi connectivity index (χ3n) is 2.10. The van der Waals surface area contributed by atoms with Crippen LogP contribution in [0.3, 0.4) is 0 Å². The minimum absolute atomic E-state index is 0.0630. The summed E-state index contributed by atoms with van der Waals surface area (Å²) in [7, 11) is 0. The highest BCUT2D eigenvalue weighted by Gasteiger charge is 2.26. The summed E-state index contributed by atoms with van der Waals surface area (Å²) in [5, 5.41) is 2.93. The van der Waals surface area contributed by atoms with Crippen molar-refractivity contribution < 1.29 is 17.6 Å². The van der Waals surface area contributed by atoms with E-state index in [1.165, 1.54) is 0 Å². The molecule has 6 heteroatoms. The Morgan fingerprint density at radius 3 is 2.69 bits per heavy atom. The number of nitrogens with zero attached hydrogens (tertiary/aromatic N) is 1. The first-order valence-electron chi connectivity index (χ1n) is 5.11. The highest BCUT2D eigenvalue weighted by Crippen LogP contribution is 2.21. The molecule has 1 N–H and O–H groups in total. The van der Waals surface area contributed by atoms with Gasteiger partial charge in [-0.2, -0.15) is 13.2 Å². The minimum Gasteiger partial charge on any atom is -0.444 e. The standard InChI is InChI=1S/C10H15F3N2O/c1-7-6-15-9(16-7)8(2)14-5-3-4-10(11,12)13/h6,8,14H,3-5H2,1-2H3. The van der Waals surface area contributed by atoms with Crippen LogP contribution in [0.2, 0.25) is 0 Å². The maximum absolute atomic E-state index is 11.8. The maximum Gasteiger partial charge on any atom is 0.389 e. The first-order chi connectivity index (χ1) is 7.38. The van der Waals surface area contributed by atoms with Crippen LogP contribution in [0.5, 0.6) is 0 Å². The van der Waals surface area contributed by atoms with Crippen LogP contribution in [0, 0.1) is 6.92 Å². The number of hydrogen-bond donors (Lipinski definition) is 1. The topological polar surface area (TPSA) is 38.1 Å². The van der Waals surface area contributed by atoms with Crippen molar-refractivity contribution in [2.75, 3.05) is 6.54 Å². The van der Waals surface area contributed by atoms with Crippen LogP contribution >= 0.6 is 0 Å². The van der Waals surface area contributed by atoms with Crippen LogP contribution in [0.4, 0.5) is 13.2 Å². The summed E-state index contributed by atoms with van der Waals surface area (Å²) in [6.07, 6.45) is -3.20. The maximum atomic E-state index is 11.8. The summed E-state index contributed by atoms with van der Waals surface area (Å²) >= 11 is 0. The predicted molar refractivity (Wildman–Crippen MR) is 52.9 cm³/mol. The second-order valence-electron chi connectivity index (χ2n) is 3.70. The molecular weight excluding hydrogens is 221 g/mol. The van der Waals surface area contributed by atoms with E-state index in [-0.39, 0.29) is 12.5 Å². The Morgan fingerprint density at radius 2 is 2.19 bits per heavy atom. The van der Waals surface area contributed by atoms with Gasteiger partial charge in [-0.15, -0.1) is 0 Å². The van der Waals surface area contributed by atoms with Gasteiger partial charge in [0.25, 0.3) is 0 Å². The van der Waals surface area contributed by atoms with Gasteiger partial charge in [-0.1, -0.05) is 0 Å². The van der Waals surface area contributed by atoms with Crippen molar-refractivity contribution in [3.8, 4) is 0 Å². The fourth-order valence-electron chi connectivity index (χ4n) is 1.27. The SMILES string of the molecule is Cc1cnc(C(C)NCCCC(F)(F)F)o1. The Balaban J connectivity index is 2.23. The second-order valence-corrected chi connectivity index (χ2v) is 3.70. The summed E-state index contributed by atoms with van der Waals surface area (Å²) in [5.41, 5.74) is 0. The molecule has 1 aromatic rings. The molecule has 0 saturated heterocycles. The van der Waals surface area contributed by atoms with E-state index in [4.69, 9.17) is 4.42 Å². The number of hydrogen-bond acceptors (Lipinski definition) is 3. The van der Waals surface area contributed by atoms with Gasteiger partial charge >= 0.3 is 6.18 Å². The summed E-state index contributed by atoms with van der Waals surface area (Å²) < 4.78 is 40.8. The van der Waals surface area contributed by atoms with Gasteiger partial charge in [-0.25, -0.2) is 4.98 Å². The zero-order chi connectivity index (χ0) is 12.2. The molecule has 0 aliphatic carbocycles. The van der Waals surface area contributed by atoms with Crippen molar-refractivity contribution in [1.29, 1.82) is 0 Å². The van der Waals surface area contributed by atoms with Crippen LogP contribution < -0.4 is 5.32 Å². The Morgan fingerprint density at radius 1 is 1.50 bits per heavy atom. The molecule has 0 saturated carbocycles. The van der Waals surface area contributed by atoms with Crippen molar-refractivity contribution in [2.24, 2.45) is 0 Å². The van der Waals surface area contributed by atoms with Crippen LogP contribution in [0.1, 0.15) is 37.5 Å². The number of aryl methyl sites for hydroxylation is 1. The van der Waals surface area contributed by atoms with Gasteiger partial charge in [-0.05, 0) is 26.8 Å². The van der Waals surface area contributed by atoms with Crippen molar-refractivity contribution in [3.05, 3.63) is 17.8 Å². The number of oxazole rings is 1. The van der Waals surface area contributed by atoms with Gasteiger partial charge in [0.15, 0.2) is 0 Å². The quantitative estimate of drug-likeness (QED) is 0.799. The number of halogens is 3. The second kappa shape index (κ2) is 5.34. The fourth-order valence-corrected chi connectivity index (χ4v) is 1.27. The van der Waals surface area contributed by atoms with E-state index in [2.05, 4.69) is 10.3 Å². The van der Waals surface area contributed by atoms with Crippen LogP contribution in [-0.4, -0.2) is 17.7 Å². The molecule has 0 aliphatic heterocycles. The molecule has 1 atom stereocenters. The molecule has 0 fully saturated rings. The van der Waals surface area contributed by atoms with Crippen LogP contribution in [0.15, 0.2) is 10.6 Å². The lowest BCUT2D eigenvalue weighted by atomic mass is 10.2. The third-order valence-corrected chi connectivity index (χ3v) is 2.10. The normalized spacial score (nSPS) is 14.1. The molecule has 1 unspecified atom stereocenters. The molecule has 0 radical (unpaired) electrons. The molecule has 16 heavy (non-hydrogen) atoms. The number of nitrogens with one attached hydrogen (secondary N) is 1. The largest absolute Gasteiger partial charge is 0.444 e. The van der Waals surface area contributed by atoms with Crippen molar-refractivity contribution in [1.82, 2.24) is 10.3 Å². The molecule has 92 valence electrons. The van der Waals surface area contributed by atoms with E-state index in [0.29, 0.717) is 18.2 Å². The Labute approximate surface area is 92.0 Å². The highest BCUT2D eigenvalue weighted by atomic mass is 19.4. The third kappa shape index (κ3) is 4.65. The van der Waals surface area contributed by atoms with E-state index in [1.54, 1.807) is 20.0 Å². The molecule has 0 amide bonds. The molecule has 0 aliphatic rings. The van der Waals surface area contributed by atoms with Gasteiger partial charge in [0.1, 0.15) is 5.76 Å². The fraction of sp³-hybridized carbons (Fsp3) is 0.700. The van der Waals surface area contributed by atoms with Gasteiger partial charge in [0.2, 0.25) is 5.89 Å². The summed E-state index contributed by atoms with van der Waals surface area (Å²) in [6, 6.07) is -0.165. The number of alkyl halides is 3. The van der Waals surface area contributed by atoms with Crippen LogP contribution in [-0.2, 0) is 0 Å². The van der Waals surface area contributed by atoms with Crippen molar-refractivity contribution in [3.63, 3.8) is 0 Å². The molecule has 0 aromatic carbocycles. The number of rotatable bonds is 5. The highest BCUT2D eigenvalue weighted by molar-refractivity contribution is 4.94. The summed E-state index contributed by atoms with van der Waals surface area (Å²) in [4.78, 5) is 3.99. The lowest BCUT2D eigenvalue weighted by Crippen LogP contribution is -2.21. The van der Waals surface area contributed by atoms with Gasteiger partial charge in [0, 0.05) is 6.42 Å². The molecule has 3 nitrogen and oxygen atoms in total. The van der Waals surface area contributed by atoms with E-state index >= 15 is 0 Å². The number of aromatic nitrogens is 1. The van der Waals surface area contributed by atoms with Gasteiger partial charge < -0.3 is 9.73 Å². The van der Waals surface area contributed by atoms with Gasteiger partial charge in [-0.3, -0.25) is 0 Å². The molecule has 0 bridgehead atoms. The average molecular weight is 236 g/mol. The molecule has 1 heterocycles. The Hall–Kier alpha value is -1.04. The average Bonchev–Trinajstić information content (AvgIpc) is 2.57. The lowest BCUT2D eigenvalue weighted by Gasteiger charge is -2.11. The monoisotopic (exact) mass is 236 g/mol. The van der Waals surface area contributed by atoms with Crippen LogP contribution in [0.25, 0.3) is 0 Å². The zero-order valence-corrected chi connectivity index (χ0v) is 9.27.